The Morgan fingerprint density at radius 1 is 1.00 bits per heavy atom. The maximum Gasteiger partial charge on any atom is 0.305 e. The lowest BCUT2D eigenvalue weighted by Gasteiger charge is -2.35. The predicted octanol–water partition coefficient (Wildman–Crippen LogP) is 6.18. The fourth-order valence-electron chi connectivity index (χ4n) is 6.55. The van der Waals surface area contributed by atoms with Crippen LogP contribution in [0.5, 0.6) is 11.5 Å². The van der Waals surface area contributed by atoms with E-state index in [-0.39, 0.29) is 37.3 Å². The number of benzene rings is 3. The summed E-state index contributed by atoms with van der Waals surface area (Å²) in [6, 6.07) is 21.1. The van der Waals surface area contributed by atoms with Gasteiger partial charge in [0.05, 0.1) is 33.9 Å². The van der Waals surface area contributed by atoms with Crippen molar-refractivity contribution in [1.29, 1.82) is 0 Å². The molecule has 0 aliphatic carbocycles. The standard InChI is InChI=1S/C38H41N5O7.C4H8O2/c1-38(2,3)40-34(45)33-28-20-26(47-4)15-16-30(28)49-22-25(19-31(44)48-5)32(36-42-41-35(50-36)23-11-7-6-8-12-23)37(46)43(33)18-17-24-21-39-29-14-10-9-13-27(24)29;1-3-6-4(2)5/h6-16,20-21,25,32-33,39H,17-19,22H2,1-5H3,(H,40,45);3H2,1-2H3/t25-,32+,33-;/m1./s1. The first-order valence-electron chi connectivity index (χ1n) is 18.4. The van der Waals surface area contributed by atoms with Crippen LogP contribution in [0.4, 0.5) is 0 Å². The van der Waals surface area contributed by atoms with E-state index in [4.69, 9.17) is 18.6 Å². The molecule has 5 aromatic rings. The van der Waals surface area contributed by atoms with E-state index >= 15 is 4.79 Å². The number of methoxy groups -OCH3 is 2. The first-order chi connectivity index (χ1) is 26.8. The van der Waals surface area contributed by atoms with Crippen molar-refractivity contribution >= 4 is 34.7 Å². The van der Waals surface area contributed by atoms with Crippen LogP contribution in [-0.2, 0) is 35.1 Å². The Balaban J connectivity index is 0.000000927. The van der Waals surface area contributed by atoms with E-state index in [0.717, 1.165) is 16.5 Å². The van der Waals surface area contributed by atoms with E-state index < -0.39 is 41.2 Å². The Morgan fingerprint density at radius 2 is 1.73 bits per heavy atom. The topological polar surface area (TPSA) is 175 Å². The summed E-state index contributed by atoms with van der Waals surface area (Å²) < 4.78 is 27.6. The SMILES string of the molecule is CCOC(C)=O.COC(=O)C[C@@H]1COc2ccc(OC)cc2[C@H](C(=O)NC(C)(C)C)N(CCc2c[nH]c3ccccc23)C(=O)[C@@H]1c1nnc(-c2ccccc2)o1. The number of aromatic nitrogens is 3. The van der Waals surface area contributed by atoms with Crippen LogP contribution in [0.15, 0.2) is 83.4 Å². The molecular formula is C42H49N5O9. The van der Waals surface area contributed by atoms with Crippen LogP contribution in [0.2, 0.25) is 0 Å². The summed E-state index contributed by atoms with van der Waals surface area (Å²) in [6.45, 7) is 9.32. The predicted molar refractivity (Wildman–Crippen MR) is 208 cm³/mol. The van der Waals surface area contributed by atoms with Gasteiger partial charge in [0.15, 0.2) is 0 Å². The molecule has 0 saturated heterocycles. The van der Waals surface area contributed by atoms with Crippen molar-refractivity contribution in [1.82, 2.24) is 25.4 Å². The third-order valence-corrected chi connectivity index (χ3v) is 9.07. The second-order valence-corrected chi connectivity index (χ2v) is 14.3. The van der Waals surface area contributed by atoms with Crippen molar-refractivity contribution < 1.29 is 42.5 Å². The molecule has 2 aromatic heterocycles. The van der Waals surface area contributed by atoms with Gasteiger partial charge in [-0.25, -0.2) is 0 Å². The van der Waals surface area contributed by atoms with Crippen molar-refractivity contribution in [2.45, 2.75) is 65.0 Å². The third kappa shape index (κ3) is 10.1. The number of carbonyl (C=O) groups is 4. The average Bonchev–Trinajstić information content (AvgIpc) is 3.83. The molecular weight excluding hydrogens is 718 g/mol. The highest BCUT2D eigenvalue weighted by molar-refractivity contribution is 5.93. The first-order valence-corrected chi connectivity index (χ1v) is 18.4. The van der Waals surface area contributed by atoms with Crippen LogP contribution in [-0.4, -0.2) is 83.4 Å². The van der Waals surface area contributed by atoms with E-state index in [1.165, 1.54) is 26.0 Å². The maximum absolute atomic E-state index is 15.3. The Kier molecular flexibility index (Phi) is 13.5. The molecule has 0 radical (unpaired) electrons. The minimum atomic E-state index is -1.16. The molecule has 1 aliphatic rings. The third-order valence-electron chi connectivity index (χ3n) is 9.07. The van der Waals surface area contributed by atoms with Gasteiger partial charge in [-0.3, -0.25) is 19.2 Å². The monoisotopic (exact) mass is 767 g/mol. The fourth-order valence-corrected chi connectivity index (χ4v) is 6.55. The van der Waals surface area contributed by atoms with Gasteiger partial charge in [-0.15, -0.1) is 10.2 Å². The van der Waals surface area contributed by atoms with Gasteiger partial charge in [0, 0.05) is 53.2 Å². The van der Waals surface area contributed by atoms with Gasteiger partial charge in [-0.05, 0) is 76.1 Å². The van der Waals surface area contributed by atoms with Crippen LogP contribution in [0.25, 0.3) is 22.4 Å². The highest BCUT2D eigenvalue weighted by Gasteiger charge is 2.45. The molecule has 3 aromatic carbocycles. The second-order valence-electron chi connectivity index (χ2n) is 14.3. The minimum Gasteiger partial charge on any atom is -0.497 e. The number of esters is 2. The molecule has 14 heteroatoms. The number of aromatic amines is 1. The summed E-state index contributed by atoms with van der Waals surface area (Å²) in [7, 11) is 2.82. The van der Waals surface area contributed by atoms with Gasteiger partial charge >= 0.3 is 11.9 Å². The van der Waals surface area contributed by atoms with Crippen LogP contribution in [0.1, 0.15) is 70.0 Å². The molecule has 1 aliphatic heterocycles. The molecule has 0 bridgehead atoms. The highest BCUT2D eigenvalue weighted by atomic mass is 16.5. The van der Waals surface area contributed by atoms with Crippen LogP contribution in [0, 0.1) is 5.92 Å². The molecule has 6 rings (SSSR count). The number of hydrogen-bond donors (Lipinski definition) is 2. The molecule has 0 fully saturated rings. The normalized spacial score (nSPS) is 16.9. The lowest BCUT2D eigenvalue weighted by Crippen LogP contribution is -2.51. The highest BCUT2D eigenvalue weighted by Crippen LogP contribution is 2.41. The molecule has 3 heterocycles. The summed E-state index contributed by atoms with van der Waals surface area (Å²) >= 11 is 0. The number of hydrogen-bond acceptors (Lipinski definition) is 11. The van der Waals surface area contributed by atoms with E-state index in [1.54, 1.807) is 25.1 Å². The summed E-state index contributed by atoms with van der Waals surface area (Å²) in [5.41, 5.74) is 2.40. The largest absolute Gasteiger partial charge is 0.497 e. The zero-order valence-electron chi connectivity index (χ0n) is 32.8. The Hall–Kier alpha value is -6.18. The number of fused-ring (bicyclic) bond motifs is 2. The van der Waals surface area contributed by atoms with Crippen molar-refractivity contribution in [3.63, 3.8) is 0 Å². The van der Waals surface area contributed by atoms with Crippen molar-refractivity contribution in [2.24, 2.45) is 5.92 Å². The zero-order chi connectivity index (χ0) is 40.4. The van der Waals surface area contributed by atoms with E-state index in [2.05, 4.69) is 25.2 Å². The molecule has 2 amide bonds. The van der Waals surface area contributed by atoms with Crippen LogP contribution >= 0.6 is 0 Å². The zero-order valence-corrected chi connectivity index (χ0v) is 32.8. The minimum absolute atomic E-state index is 0.00182. The number of carbonyl (C=O) groups excluding carboxylic acids is 4. The summed E-state index contributed by atoms with van der Waals surface area (Å²) in [5, 5.41) is 12.7. The van der Waals surface area contributed by atoms with Crippen molar-refractivity contribution in [3.05, 3.63) is 96.0 Å². The van der Waals surface area contributed by atoms with Gasteiger partial charge in [0.25, 0.3) is 0 Å². The van der Waals surface area contributed by atoms with Crippen molar-refractivity contribution in [3.8, 4) is 23.0 Å². The molecule has 56 heavy (non-hydrogen) atoms. The van der Waals surface area contributed by atoms with E-state index in [9.17, 15) is 14.4 Å². The molecule has 0 saturated carbocycles. The number of nitrogens with one attached hydrogen (secondary N) is 2. The number of rotatable bonds is 10. The summed E-state index contributed by atoms with van der Waals surface area (Å²) in [6.07, 6.45) is 2.14. The van der Waals surface area contributed by atoms with Gasteiger partial charge < -0.3 is 38.6 Å². The molecule has 0 spiro atoms. The maximum atomic E-state index is 15.3. The van der Waals surface area contributed by atoms with E-state index in [0.29, 0.717) is 35.7 Å². The molecule has 3 atom stereocenters. The van der Waals surface area contributed by atoms with Gasteiger partial charge in [0.2, 0.25) is 23.6 Å². The number of amides is 2. The number of H-pyrrole nitrogens is 1. The van der Waals surface area contributed by atoms with E-state index in [1.807, 2.05) is 81.6 Å². The van der Waals surface area contributed by atoms with Crippen LogP contribution in [0.3, 0.4) is 0 Å². The molecule has 0 unspecified atom stereocenters. The van der Waals surface area contributed by atoms with Crippen molar-refractivity contribution in [2.75, 3.05) is 34.0 Å². The smallest absolute Gasteiger partial charge is 0.305 e. The Bertz CT molecular complexity index is 2120. The summed E-state index contributed by atoms with van der Waals surface area (Å²) in [4.78, 5) is 57.3. The quantitative estimate of drug-likeness (QED) is 0.155. The molecule has 2 N–H and O–H groups in total. The number of para-hydroxylation sites is 1. The Labute approximate surface area is 325 Å². The summed E-state index contributed by atoms with van der Waals surface area (Å²) in [5.74, 6) is -2.53. The Morgan fingerprint density at radius 3 is 2.39 bits per heavy atom. The van der Waals surface area contributed by atoms with Gasteiger partial charge in [-0.1, -0.05) is 36.4 Å². The van der Waals surface area contributed by atoms with Crippen LogP contribution < -0.4 is 14.8 Å². The van der Waals surface area contributed by atoms with Gasteiger partial charge in [-0.2, -0.15) is 0 Å². The number of nitrogens with zero attached hydrogens (tertiary/aromatic N) is 3. The van der Waals surface area contributed by atoms with Gasteiger partial charge in [0.1, 0.15) is 23.5 Å². The molecule has 296 valence electrons. The first kappa shape index (κ1) is 41.0. The average molecular weight is 768 g/mol. The molecule has 14 nitrogen and oxygen atoms in total. The number of ether oxygens (including phenoxy) is 4. The fraction of sp³-hybridized carbons (Fsp3) is 0.381. The second kappa shape index (κ2) is 18.4. The lowest BCUT2D eigenvalue weighted by molar-refractivity contribution is -0.146. The lowest BCUT2D eigenvalue weighted by atomic mass is 9.87.